The first-order valence-corrected chi connectivity index (χ1v) is 10.7. The van der Waals surface area contributed by atoms with E-state index in [1.165, 1.54) is 36.6 Å². The first-order chi connectivity index (χ1) is 11.6. The van der Waals surface area contributed by atoms with E-state index >= 15 is 0 Å². The number of likely N-dealkylation sites (N-methyl/N-ethyl adjacent to an activating group) is 1. The molecule has 0 aromatic carbocycles. The maximum Gasteiger partial charge on any atom is 0.241 e. The SMILES string of the molecule is CC(=O)NCc1ccc(-c2csc(NC(=O)CN(C)S(C)(=O)=O)n2)s1. The Morgan fingerprint density at radius 2 is 2.04 bits per heavy atom. The molecule has 0 unspecified atom stereocenters. The third-order valence-electron chi connectivity index (χ3n) is 3.11. The molecule has 0 aliphatic heterocycles. The van der Waals surface area contributed by atoms with Crippen LogP contribution in [0.2, 0.25) is 0 Å². The van der Waals surface area contributed by atoms with Crippen molar-refractivity contribution >= 4 is 49.6 Å². The van der Waals surface area contributed by atoms with Gasteiger partial charge in [-0.05, 0) is 12.1 Å². The Morgan fingerprint density at radius 1 is 1.32 bits per heavy atom. The summed E-state index contributed by atoms with van der Waals surface area (Å²) in [5.74, 6) is -0.543. The highest BCUT2D eigenvalue weighted by Crippen LogP contribution is 2.30. The number of nitrogens with one attached hydrogen (secondary N) is 2. The molecular formula is C14H18N4O4S3. The van der Waals surface area contributed by atoms with E-state index in [0.29, 0.717) is 11.7 Å². The number of nitrogens with zero attached hydrogens (tertiary/aromatic N) is 2. The minimum Gasteiger partial charge on any atom is -0.351 e. The van der Waals surface area contributed by atoms with Crippen molar-refractivity contribution in [2.45, 2.75) is 13.5 Å². The van der Waals surface area contributed by atoms with Crippen molar-refractivity contribution in [2.24, 2.45) is 0 Å². The number of aromatic nitrogens is 1. The minimum absolute atomic E-state index is 0.0901. The molecule has 0 aliphatic rings. The van der Waals surface area contributed by atoms with Crippen molar-refractivity contribution in [1.82, 2.24) is 14.6 Å². The molecule has 2 aromatic rings. The Morgan fingerprint density at radius 3 is 2.68 bits per heavy atom. The number of hydrogen-bond acceptors (Lipinski definition) is 7. The van der Waals surface area contributed by atoms with E-state index in [4.69, 9.17) is 0 Å². The van der Waals surface area contributed by atoms with Crippen LogP contribution in [0.15, 0.2) is 17.5 Å². The lowest BCUT2D eigenvalue weighted by Crippen LogP contribution is -2.34. The second-order valence-corrected chi connectivity index (χ2v) is 9.40. The summed E-state index contributed by atoms with van der Waals surface area (Å²) < 4.78 is 23.6. The largest absolute Gasteiger partial charge is 0.351 e. The van der Waals surface area contributed by atoms with Crippen LogP contribution in [0.3, 0.4) is 0 Å². The van der Waals surface area contributed by atoms with E-state index in [1.54, 1.807) is 0 Å². The molecule has 2 N–H and O–H groups in total. The van der Waals surface area contributed by atoms with Crippen molar-refractivity contribution in [1.29, 1.82) is 0 Å². The molecule has 2 rings (SSSR count). The standard InChI is InChI=1S/C14H18N4O4S3/c1-9(19)15-6-10-4-5-12(24-10)11-8-23-14(16-11)17-13(20)7-18(2)25(3,21)22/h4-5,8H,6-7H2,1-3H3,(H,15,19)(H,16,17,20). The van der Waals surface area contributed by atoms with E-state index in [2.05, 4.69) is 15.6 Å². The van der Waals surface area contributed by atoms with Crippen molar-refractivity contribution in [2.75, 3.05) is 25.2 Å². The first kappa shape index (κ1) is 19.5. The molecule has 25 heavy (non-hydrogen) atoms. The average Bonchev–Trinajstić information content (AvgIpc) is 3.12. The number of rotatable bonds is 7. The first-order valence-electron chi connectivity index (χ1n) is 7.15. The Hall–Kier alpha value is -1.82. The maximum atomic E-state index is 11.9. The third-order valence-corrected chi connectivity index (χ3v) is 6.24. The van der Waals surface area contributed by atoms with Crippen LogP contribution in [0, 0.1) is 0 Å². The fourth-order valence-electron chi connectivity index (χ4n) is 1.74. The number of thiazole rings is 1. The van der Waals surface area contributed by atoms with Gasteiger partial charge in [0.2, 0.25) is 21.8 Å². The molecule has 136 valence electrons. The van der Waals surface area contributed by atoms with Gasteiger partial charge in [-0.25, -0.2) is 13.4 Å². The van der Waals surface area contributed by atoms with E-state index in [1.807, 2.05) is 17.5 Å². The molecule has 0 saturated carbocycles. The summed E-state index contributed by atoms with van der Waals surface area (Å²) in [6.45, 7) is 1.66. The molecule has 2 amide bonds. The van der Waals surface area contributed by atoms with Gasteiger partial charge in [0.15, 0.2) is 5.13 Å². The van der Waals surface area contributed by atoms with Crippen LogP contribution in [0.5, 0.6) is 0 Å². The highest BCUT2D eigenvalue weighted by Gasteiger charge is 2.16. The topological polar surface area (TPSA) is 108 Å². The minimum atomic E-state index is -3.41. The number of sulfonamides is 1. The number of carbonyl (C=O) groups is 2. The van der Waals surface area contributed by atoms with Crippen LogP contribution in [0.25, 0.3) is 10.6 Å². The van der Waals surface area contributed by atoms with Crippen LogP contribution in [0.4, 0.5) is 5.13 Å². The fourth-order valence-corrected chi connectivity index (χ4v) is 3.81. The van der Waals surface area contributed by atoms with Crippen molar-refractivity contribution < 1.29 is 18.0 Å². The Kier molecular flexibility index (Phi) is 6.27. The Labute approximate surface area is 153 Å². The summed E-state index contributed by atoms with van der Waals surface area (Å²) in [6, 6.07) is 3.81. The van der Waals surface area contributed by atoms with Gasteiger partial charge in [-0.1, -0.05) is 0 Å². The third kappa shape index (κ3) is 5.88. The van der Waals surface area contributed by atoms with Crippen molar-refractivity contribution in [3.8, 4) is 10.6 Å². The quantitative estimate of drug-likeness (QED) is 0.726. The van der Waals surface area contributed by atoms with Gasteiger partial charge in [0.25, 0.3) is 0 Å². The predicted octanol–water partition coefficient (Wildman–Crippen LogP) is 1.34. The summed E-state index contributed by atoms with van der Waals surface area (Å²) in [4.78, 5) is 29.1. The highest BCUT2D eigenvalue weighted by molar-refractivity contribution is 7.88. The molecule has 0 fully saturated rings. The molecule has 0 atom stereocenters. The zero-order valence-electron chi connectivity index (χ0n) is 13.9. The van der Waals surface area contributed by atoms with Crippen LogP contribution in [0.1, 0.15) is 11.8 Å². The second kappa shape index (κ2) is 8.04. The van der Waals surface area contributed by atoms with E-state index < -0.39 is 15.9 Å². The Bertz CT molecular complexity index is 872. The molecule has 0 aliphatic carbocycles. The summed E-state index contributed by atoms with van der Waals surface area (Å²) in [5.41, 5.74) is 0.718. The van der Waals surface area contributed by atoms with Crippen LogP contribution < -0.4 is 10.6 Å². The average molecular weight is 403 g/mol. The van der Waals surface area contributed by atoms with Gasteiger partial charge >= 0.3 is 0 Å². The van der Waals surface area contributed by atoms with E-state index in [9.17, 15) is 18.0 Å². The van der Waals surface area contributed by atoms with Gasteiger partial charge in [-0.3, -0.25) is 9.59 Å². The van der Waals surface area contributed by atoms with Crippen molar-refractivity contribution in [3.63, 3.8) is 0 Å². The molecule has 0 spiro atoms. The van der Waals surface area contributed by atoms with Gasteiger partial charge in [-0.2, -0.15) is 4.31 Å². The second-order valence-electron chi connectivity index (χ2n) is 5.28. The van der Waals surface area contributed by atoms with Crippen LogP contribution in [-0.4, -0.2) is 49.4 Å². The lowest BCUT2D eigenvalue weighted by molar-refractivity contribution is -0.119. The summed E-state index contributed by atoms with van der Waals surface area (Å²) in [6.07, 6.45) is 1.04. The van der Waals surface area contributed by atoms with Crippen LogP contribution in [-0.2, 0) is 26.2 Å². The van der Waals surface area contributed by atoms with Gasteiger partial charge in [-0.15, -0.1) is 22.7 Å². The van der Waals surface area contributed by atoms with Crippen LogP contribution >= 0.6 is 22.7 Å². The van der Waals surface area contributed by atoms with Gasteiger partial charge in [0.05, 0.1) is 29.9 Å². The number of carbonyl (C=O) groups excluding carboxylic acids is 2. The van der Waals surface area contributed by atoms with E-state index in [0.717, 1.165) is 26.0 Å². The van der Waals surface area contributed by atoms with Gasteiger partial charge < -0.3 is 10.6 Å². The molecule has 0 saturated heterocycles. The number of thiophene rings is 1. The molecule has 2 heterocycles. The zero-order chi connectivity index (χ0) is 18.6. The number of hydrogen-bond donors (Lipinski definition) is 2. The smallest absolute Gasteiger partial charge is 0.241 e. The normalized spacial score (nSPS) is 11.5. The summed E-state index contributed by atoms with van der Waals surface area (Å²) >= 11 is 2.76. The fraction of sp³-hybridized carbons (Fsp3) is 0.357. The summed E-state index contributed by atoms with van der Waals surface area (Å²) in [5, 5.41) is 7.53. The predicted molar refractivity (Wildman–Crippen MR) is 99.1 cm³/mol. The maximum absolute atomic E-state index is 11.9. The highest BCUT2D eigenvalue weighted by atomic mass is 32.2. The van der Waals surface area contributed by atoms with Gasteiger partial charge in [0.1, 0.15) is 0 Å². The monoisotopic (exact) mass is 402 g/mol. The molecule has 0 radical (unpaired) electrons. The molecular weight excluding hydrogens is 384 g/mol. The number of amides is 2. The molecule has 0 bridgehead atoms. The lowest BCUT2D eigenvalue weighted by Gasteiger charge is -2.12. The lowest BCUT2D eigenvalue weighted by atomic mass is 10.3. The summed E-state index contributed by atoms with van der Waals surface area (Å²) in [7, 11) is -2.07. The zero-order valence-corrected chi connectivity index (χ0v) is 16.3. The molecule has 8 nitrogen and oxygen atoms in total. The van der Waals surface area contributed by atoms with Gasteiger partial charge in [0, 0.05) is 24.2 Å². The molecule has 2 aromatic heterocycles. The Balaban J connectivity index is 1.98. The number of anilines is 1. The van der Waals surface area contributed by atoms with E-state index in [-0.39, 0.29) is 12.5 Å². The molecule has 11 heteroatoms. The van der Waals surface area contributed by atoms with Crippen molar-refractivity contribution in [3.05, 3.63) is 22.4 Å².